The van der Waals surface area contributed by atoms with Crippen LogP contribution in [0.25, 0.3) is 33.6 Å². The number of anilines is 3. The summed E-state index contributed by atoms with van der Waals surface area (Å²) in [7, 11) is 0. The second-order valence-corrected chi connectivity index (χ2v) is 15.7. The molecule has 0 unspecified atom stereocenters. The van der Waals surface area contributed by atoms with Gasteiger partial charge in [0.1, 0.15) is 11.5 Å². The number of fused-ring (bicyclic) bond motifs is 15. The predicted octanol–water partition coefficient (Wildman–Crippen LogP) is 13.2. The Morgan fingerprint density at radius 1 is 0.390 bits per heavy atom. The molecular weight excluding hydrogens is 719 g/mol. The van der Waals surface area contributed by atoms with Gasteiger partial charge in [0, 0.05) is 30.4 Å². The van der Waals surface area contributed by atoms with Crippen LogP contribution in [0.2, 0.25) is 0 Å². The normalized spacial score (nSPS) is 13.6. The Balaban J connectivity index is 1.08. The number of rotatable bonds is 3. The summed E-state index contributed by atoms with van der Waals surface area (Å²) < 4.78 is 7.27. The first-order valence-corrected chi connectivity index (χ1v) is 20.3. The van der Waals surface area contributed by atoms with Gasteiger partial charge < -0.3 is 9.64 Å². The van der Waals surface area contributed by atoms with Crippen LogP contribution in [0, 0.1) is 0 Å². The van der Waals surface area contributed by atoms with E-state index in [-0.39, 0.29) is 0 Å². The fourth-order valence-corrected chi connectivity index (χ4v) is 10.0. The van der Waals surface area contributed by atoms with Gasteiger partial charge in [-0.15, -0.1) is 0 Å². The summed E-state index contributed by atoms with van der Waals surface area (Å²) in [6.45, 7) is 0. The zero-order valence-corrected chi connectivity index (χ0v) is 32.2. The van der Waals surface area contributed by atoms with E-state index < -0.39 is 5.41 Å². The van der Waals surface area contributed by atoms with E-state index in [4.69, 9.17) is 14.7 Å². The van der Waals surface area contributed by atoms with Crippen LogP contribution in [0.15, 0.2) is 200 Å². The summed E-state index contributed by atoms with van der Waals surface area (Å²) in [6, 6.07) is 67.6. The van der Waals surface area contributed by atoms with E-state index in [1.54, 1.807) is 0 Å². The van der Waals surface area contributed by atoms with E-state index in [0.29, 0.717) is 12.8 Å². The van der Waals surface area contributed by atoms with Crippen LogP contribution in [0.1, 0.15) is 44.5 Å². The highest BCUT2D eigenvalue weighted by Crippen LogP contribution is 2.63. The van der Waals surface area contributed by atoms with E-state index >= 15 is 0 Å². The van der Waals surface area contributed by atoms with Gasteiger partial charge in [-0.1, -0.05) is 133 Å². The van der Waals surface area contributed by atoms with Crippen molar-refractivity contribution in [2.45, 2.75) is 18.3 Å². The smallest absolute Gasteiger partial charge is 0.131 e. The van der Waals surface area contributed by atoms with Gasteiger partial charge in [-0.3, -0.25) is 9.97 Å². The number of pyridine rings is 2. The standard InChI is InChI=1S/C55H37N3O/c1-3-18-40(19-4-1)58(41-20-5-2-6-21-41)42-32-39-30-36-16-7-14-28-51(36)59-52-34-50-46(33-38(52)31-37-17-15-29-56-53(37)54(39)57-35-42)45-24-10-13-27-49(45)55(50)47-25-11-8-22-43(47)44-23-9-12-26-48(44)55/h1-29,32-35H,30-31H2. The first kappa shape index (κ1) is 33.6. The number of ether oxygens (including phenoxy) is 1. The molecule has 4 heteroatoms. The van der Waals surface area contributed by atoms with Crippen molar-refractivity contribution in [3.63, 3.8) is 0 Å². The first-order valence-electron chi connectivity index (χ1n) is 20.3. The molecule has 1 spiro atoms. The molecule has 4 nitrogen and oxygen atoms in total. The summed E-state index contributed by atoms with van der Waals surface area (Å²) >= 11 is 0. The highest BCUT2D eigenvalue weighted by Gasteiger charge is 2.52. The molecule has 0 N–H and O–H groups in total. The van der Waals surface area contributed by atoms with Crippen LogP contribution in [-0.2, 0) is 18.3 Å². The fraction of sp³-hybridized carbons (Fsp3) is 0.0545. The molecule has 0 bridgehead atoms. The molecule has 278 valence electrons. The lowest BCUT2D eigenvalue weighted by molar-refractivity contribution is 0.471. The zero-order chi connectivity index (χ0) is 38.9. The van der Waals surface area contributed by atoms with Crippen LogP contribution in [0.5, 0.6) is 11.5 Å². The molecule has 3 heterocycles. The highest BCUT2D eigenvalue weighted by atomic mass is 16.5. The quantitative estimate of drug-likeness (QED) is 0.180. The average Bonchev–Trinajstić information content (AvgIpc) is 3.74. The predicted molar refractivity (Wildman–Crippen MR) is 237 cm³/mol. The van der Waals surface area contributed by atoms with Crippen molar-refractivity contribution < 1.29 is 4.74 Å². The van der Waals surface area contributed by atoms with Crippen molar-refractivity contribution in [2.75, 3.05) is 4.90 Å². The van der Waals surface area contributed by atoms with Crippen LogP contribution >= 0.6 is 0 Å². The lowest BCUT2D eigenvalue weighted by atomic mass is 9.70. The molecule has 59 heavy (non-hydrogen) atoms. The van der Waals surface area contributed by atoms with E-state index in [1.165, 1.54) is 44.5 Å². The summed E-state index contributed by atoms with van der Waals surface area (Å²) in [5.41, 5.74) is 19.1. The van der Waals surface area contributed by atoms with Crippen molar-refractivity contribution in [3.8, 4) is 45.1 Å². The van der Waals surface area contributed by atoms with Gasteiger partial charge in [-0.05, 0) is 121 Å². The molecule has 2 aliphatic carbocycles. The fourth-order valence-electron chi connectivity index (χ4n) is 10.0. The average molecular weight is 756 g/mol. The molecule has 12 rings (SSSR count). The minimum Gasteiger partial charge on any atom is -0.457 e. The lowest BCUT2D eigenvalue weighted by Crippen LogP contribution is -2.25. The Labute approximate surface area is 343 Å². The van der Waals surface area contributed by atoms with Crippen molar-refractivity contribution >= 4 is 17.1 Å². The molecule has 0 saturated carbocycles. The third kappa shape index (κ3) is 5.09. The Morgan fingerprint density at radius 2 is 0.932 bits per heavy atom. The van der Waals surface area contributed by atoms with E-state index in [1.807, 2.05) is 18.5 Å². The third-order valence-corrected chi connectivity index (χ3v) is 12.5. The van der Waals surface area contributed by atoms with Gasteiger partial charge in [-0.25, -0.2) is 0 Å². The minimum absolute atomic E-state index is 0.470. The van der Waals surface area contributed by atoms with Gasteiger partial charge in [0.25, 0.3) is 0 Å². The van der Waals surface area contributed by atoms with Crippen molar-refractivity contribution in [1.29, 1.82) is 0 Å². The third-order valence-electron chi connectivity index (χ3n) is 12.5. The lowest BCUT2D eigenvalue weighted by Gasteiger charge is -2.31. The molecule has 0 radical (unpaired) electrons. The summed E-state index contributed by atoms with van der Waals surface area (Å²) in [5.74, 6) is 1.70. The van der Waals surface area contributed by atoms with Crippen LogP contribution < -0.4 is 9.64 Å². The highest BCUT2D eigenvalue weighted by molar-refractivity contribution is 5.95. The number of para-hydroxylation sites is 3. The molecule has 0 amide bonds. The SMILES string of the molecule is c1ccc(N(c2ccccc2)c2cnc3c(c2)Cc2ccccc2Oc2cc4c(cc2Cc2cccnc2-3)-c2ccccc2C42c3ccccc3-c3ccccc32)cc1. The van der Waals surface area contributed by atoms with Crippen LogP contribution in [-0.4, -0.2) is 9.97 Å². The van der Waals surface area contributed by atoms with E-state index in [0.717, 1.165) is 62.2 Å². The number of benzene rings is 7. The van der Waals surface area contributed by atoms with Crippen LogP contribution in [0.3, 0.4) is 0 Å². The number of hydrogen-bond acceptors (Lipinski definition) is 4. The minimum atomic E-state index is -0.470. The maximum Gasteiger partial charge on any atom is 0.131 e. The second-order valence-electron chi connectivity index (χ2n) is 15.7. The molecule has 2 aromatic heterocycles. The summed E-state index contributed by atoms with van der Waals surface area (Å²) in [4.78, 5) is 12.7. The maximum atomic E-state index is 7.27. The van der Waals surface area contributed by atoms with Crippen molar-refractivity contribution in [1.82, 2.24) is 9.97 Å². The number of nitrogens with zero attached hydrogens (tertiary/aromatic N) is 3. The van der Waals surface area contributed by atoms with Crippen LogP contribution in [0.4, 0.5) is 17.1 Å². The van der Waals surface area contributed by atoms with E-state index in [2.05, 4.69) is 187 Å². The zero-order valence-electron chi connectivity index (χ0n) is 32.2. The van der Waals surface area contributed by atoms with Gasteiger partial charge in [-0.2, -0.15) is 0 Å². The number of aromatic nitrogens is 2. The van der Waals surface area contributed by atoms with Crippen molar-refractivity contribution in [2.24, 2.45) is 0 Å². The number of hydrogen-bond donors (Lipinski definition) is 0. The Morgan fingerprint density at radius 3 is 1.61 bits per heavy atom. The van der Waals surface area contributed by atoms with Gasteiger partial charge in [0.2, 0.25) is 0 Å². The first-order chi connectivity index (χ1) is 29.3. The molecule has 7 aromatic carbocycles. The summed E-state index contributed by atoms with van der Waals surface area (Å²) in [5, 5.41) is 0. The topological polar surface area (TPSA) is 38.2 Å². The monoisotopic (exact) mass is 755 g/mol. The molecule has 3 aliphatic rings. The largest absolute Gasteiger partial charge is 0.457 e. The van der Waals surface area contributed by atoms with Gasteiger partial charge >= 0.3 is 0 Å². The molecule has 9 aromatic rings. The molecule has 0 atom stereocenters. The maximum absolute atomic E-state index is 7.27. The Kier molecular flexibility index (Phi) is 7.54. The summed E-state index contributed by atoms with van der Waals surface area (Å²) in [6.07, 6.45) is 5.12. The van der Waals surface area contributed by atoms with E-state index in [9.17, 15) is 0 Å². The van der Waals surface area contributed by atoms with Gasteiger partial charge in [0.05, 0.1) is 28.7 Å². The molecule has 0 saturated heterocycles. The molecule has 0 fully saturated rings. The van der Waals surface area contributed by atoms with Crippen molar-refractivity contribution in [3.05, 3.63) is 245 Å². The molecule has 1 aliphatic heterocycles. The molecular formula is C55H37N3O. The van der Waals surface area contributed by atoms with Gasteiger partial charge in [0.15, 0.2) is 0 Å². The second kappa shape index (κ2) is 13.3. The Bertz CT molecular complexity index is 3020. The Hall–Kier alpha value is -7.56.